The summed E-state index contributed by atoms with van der Waals surface area (Å²) >= 11 is 0. The summed E-state index contributed by atoms with van der Waals surface area (Å²) in [4.78, 5) is 21.9. The van der Waals surface area contributed by atoms with Crippen LogP contribution < -0.4 is 5.32 Å². The molecule has 8 heteroatoms. The molecule has 3 N–H and O–H groups in total. The number of aromatic nitrogens is 7. The van der Waals surface area contributed by atoms with Crippen LogP contribution in [0.4, 0.5) is 0 Å². The highest BCUT2D eigenvalue weighted by atomic mass is 15.2. The molecule has 0 saturated heterocycles. The van der Waals surface area contributed by atoms with Gasteiger partial charge in [0, 0.05) is 47.5 Å². The number of hydrogen-bond donors (Lipinski definition) is 3. The fourth-order valence-electron chi connectivity index (χ4n) is 4.72. The first-order valence-corrected chi connectivity index (χ1v) is 13.2. The summed E-state index contributed by atoms with van der Waals surface area (Å²) in [5.74, 6) is 0.586. The van der Waals surface area contributed by atoms with Crippen LogP contribution in [-0.4, -0.2) is 35.1 Å². The van der Waals surface area contributed by atoms with E-state index in [1.165, 1.54) is 5.56 Å². The average Bonchev–Trinajstić information content (AvgIpc) is 3.64. The van der Waals surface area contributed by atoms with Crippen molar-refractivity contribution in [2.45, 2.75) is 13.3 Å². The number of fused-ring (bicyclic) bond motifs is 2. The van der Waals surface area contributed by atoms with Gasteiger partial charge >= 0.3 is 0 Å². The topological polar surface area (TPSA) is 108 Å². The molecule has 41 heavy (non-hydrogen) atoms. The van der Waals surface area contributed by atoms with Crippen molar-refractivity contribution in [3.8, 4) is 22.6 Å². The molecule has 1 aromatic carbocycles. The number of aromatic amines is 2. The van der Waals surface area contributed by atoms with Gasteiger partial charge in [0.25, 0.3) is 0 Å². The monoisotopic (exact) mass is 536 g/mol. The third-order valence-corrected chi connectivity index (χ3v) is 6.72. The Morgan fingerprint density at radius 2 is 1.88 bits per heavy atom. The number of nitrogens with zero attached hydrogens (tertiary/aromatic N) is 5. The Kier molecular flexibility index (Phi) is 7.02. The van der Waals surface area contributed by atoms with Gasteiger partial charge in [0.2, 0.25) is 0 Å². The number of pyridine rings is 3. The predicted octanol–water partition coefficient (Wildman–Crippen LogP) is 6.78. The van der Waals surface area contributed by atoms with E-state index in [-0.39, 0.29) is 0 Å². The van der Waals surface area contributed by atoms with Gasteiger partial charge in [-0.05, 0) is 54.5 Å². The summed E-state index contributed by atoms with van der Waals surface area (Å²) < 4.78 is 0. The molecule has 0 fully saturated rings. The van der Waals surface area contributed by atoms with Gasteiger partial charge in [0.05, 0.1) is 16.7 Å². The molecule has 0 aliphatic heterocycles. The Labute approximate surface area is 237 Å². The molecule has 0 radical (unpaired) electrons. The van der Waals surface area contributed by atoms with E-state index in [0.717, 1.165) is 44.8 Å². The fraction of sp³-hybridized carbons (Fsp3) is 0.0606. The summed E-state index contributed by atoms with van der Waals surface area (Å²) in [7, 11) is 0. The maximum Gasteiger partial charge on any atom is 0.178 e. The van der Waals surface area contributed by atoms with E-state index in [1.54, 1.807) is 18.5 Å². The van der Waals surface area contributed by atoms with E-state index in [4.69, 9.17) is 9.97 Å². The van der Waals surface area contributed by atoms with Crippen molar-refractivity contribution in [3.05, 3.63) is 133 Å². The van der Waals surface area contributed by atoms with Crippen LogP contribution in [-0.2, 0) is 6.42 Å². The minimum absolute atomic E-state index is 0.586. The molecule has 0 amide bonds. The van der Waals surface area contributed by atoms with Gasteiger partial charge < -0.3 is 10.3 Å². The third kappa shape index (κ3) is 5.31. The highest BCUT2D eigenvalue weighted by molar-refractivity contribution is 5.94. The third-order valence-electron chi connectivity index (χ3n) is 6.72. The molecule has 8 nitrogen and oxygen atoms in total. The zero-order chi connectivity index (χ0) is 28.2. The Morgan fingerprint density at radius 1 is 1.00 bits per heavy atom. The van der Waals surface area contributed by atoms with Crippen molar-refractivity contribution in [2.75, 3.05) is 0 Å². The number of rotatable bonds is 9. The molecule has 0 aliphatic rings. The lowest BCUT2D eigenvalue weighted by molar-refractivity contribution is 0.942. The smallest absolute Gasteiger partial charge is 0.178 e. The second-order valence-corrected chi connectivity index (χ2v) is 9.49. The molecule has 0 spiro atoms. The van der Waals surface area contributed by atoms with Crippen LogP contribution in [0, 0.1) is 0 Å². The van der Waals surface area contributed by atoms with Gasteiger partial charge in [-0.2, -0.15) is 5.10 Å². The lowest BCUT2D eigenvalue weighted by Gasteiger charge is -2.12. The van der Waals surface area contributed by atoms with E-state index in [1.807, 2.05) is 73.8 Å². The van der Waals surface area contributed by atoms with Gasteiger partial charge in [-0.25, -0.2) is 15.0 Å². The van der Waals surface area contributed by atoms with Crippen LogP contribution in [0.2, 0.25) is 0 Å². The van der Waals surface area contributed by atoms with Gasteiger partial charge in [-0.1, -0.05) is 55.6 Å². The molecule has 200 valence electrons. The van der Waals surface area contributed by atoms with Crippen LogP contribution in [0.15, 0.2) is 122 Å². The van der Waals surface area contributed by atoms with E-state index in [9.17, 15) is 0 Å². The molecule has 0 aliphatic carbocycles. The lowest BCUT2D eigenvalue weighted by atomic mass is 10.1. The molecular weight excluding hydrogens is 508 g/mol. The average molecular weight is 537 g/mol. The maximum atomic E-state index is 4.99. The molecule has 6 rings (SSSR count). The quantitative estimate of drug-likeness (QED) is 0.176. The Balaban J connectivity index is 1.32. The zero-order valence-electron chi connectivity index (χ0n) is 22.6. The molecule has 0 unspecified atom stereocenters. The molecule has 0 saturated carbocycles. The standard InChI is InChI=1S/C33H28N8/c1-4-23(19-25(5-2)36-21(3)18-22-10-7-6-8-11-22)27-13-14-28-30(37-27)31(41-40-28)33-38-29-26(15-17-35-32(29)39-33)24-12-9-16-34-20-24/h4-17,19-20,36H,2-3,18H2,1H3,(H,40,41)(H,35,38,39)/b23-4+,25-19+. The summed E-state index contributed by atoms with van der Waals surface area (Å²) in [5, 5.41) is 11.0. The first-order valence-electron chi connectivity index (χ1n) is 13.2. The number of H-pyrrole nitrogens is 2. The Hall–Kier alpha value is -5.63. The predicted molar refractivity (Wildman–Crippen MR) is 164 cm³/mol. The number of nitrogens with one attached hydrogen (secondary N) is 3. The van der Waals surface area contributed by atoms with Crippen LogP contribution in [0.3, 0.4) is 0 Å². The number of hydrogen-bond acceptors (Lipinski definition) is 6. The van der Waals surface area contributed by atoms with Gasteiger partial charge in [0.15, 0.2) is 17.2 Å². The maximum absolute atomic E-state index is 4.99. The van der Waals surface area contributed by atoms with E-state index < -0.39 is 0 Å². The minimum atomic E-state index is 0.586. The highest BCUT2D eigenvalue weighted by Crippen LogP contribution is 2.30. The zero-order valence-corrected chi connectivity index (χ0v) is 22.6. The van der Waals surface area contributed by atoms with Crippen molar-refractivity contribution in [1.29, 1.82) is 0 Å². The fourth-order valence-corrected chi connectivity index (χ4v) is 4.72. The molecule has 5 aromatic heterocycles. The summed E-state index contributed by atoms with van der Waals surface area (Å²) in [6.45, 7) is 10.2. The normalized spacial score (nSPS) is 12.1. The molecule has 0 atom stereocenters. The van der Waals surface area contributed by atoms with Crippen LogP contribution in [0.1, 0.15) is 18.2 Å². The first-order chi connectivity index (χ1) is 20.1. The van der Waals surface area contributed by atoms with Gasteiger partial charge in [-0.15, -0.1) is 0 Å². The number of imidazole rings is 1. The number of benzene rings is 1. The Bertz CT molecular complexity index is 1930. The molecule has 0 bridgehead atoms. The van der Waals surface area contributed by atoms with Crippen LogP contribution in [0.25, 0.3) is 50.4 Å². The number of allylic oxidation sites excluding steroid dienone is 5. The highest BCUT2D eigenvalue weighted by Gasteiger charge is 2.17. The molecule has 6 aromatic rings. The van der Waals surface area contributed by atoms with Crippen LogP contribution >= 0.6 is 0 Å². The minimum Gasteiger partial charge on any atom is -0.359 e. The van der Waals surface area contributed by atoms with E-state index >= 15 is 0 Å². The summed E-state index contributed by atoms with van der Waals surface area (Å²) in [6.07, 6.45) is 11.9. The molecule has 5 heterocycles. The SMILES string of the molecule is C=C/C(=C\C(=C/C)c1ccc2[nH]nc(-c3nc4nccc(-c5cccnc5)c4[nH]3)c2n1)NC(=C)Cc1ccccc1. The van der Waals surface area contributed by atoms with Crippen LogP contribution in [0.5, 0.6) is 0 Å². The van der Waals surface area contributed by atoms with Crippen molar-refractivity contribution < 1.29 is 0 Å². The first kappa shape index (κ1) is 25.6. The van der Waals surface area contributed by atoms with Gasteiger partial charge in [-0.3, -0.25) is 10.1 Å². The van der Waals surface area contributed by atoms with Crippen molar-refractivity contribution in [3.63, 3.8) is 0 Å². The van der Waals surface area contributed by atoms with Crippen molar-refractivity contribution in [2.24, 2.45) is 0 Å². The lowest BCUT2D eigenvalue weighted by Crippen LogP contribution is -2.12. The Morgan fingerprint density at radius 3 is 2.66 bits per heavy atom. The van der Waals surface area contributed by atoms with Gasteiger partial charge in [0.1, 0.15) is 5.52 Å². The van der Waals surface area contributed by atoms with E-state index in [2.05, 4.69) is 55.8 Å². The second-order valence-electron chi connectivity index (χ2n) is 9.49. The van der Waals surface area contributed by atoms with E-state index in [0.29, 0.717) is 29.1 Å². The summed E-state index contributed by atoms with van der Waals surface area (Å²) in [6, 6.07) is 20.0. The van der Waals surface area contributed by atoms with Crippen molar-refractivity contribution in [1.82, 2.24) is 40.4 Å². The molecular formula is C33H28N8. The van der Waals surface area contributed by atoms with Crippen molar-refractivity contribution >= 4 is 27.8 Å². The summed E-state index contributed by atoms with van der Waals surface area (Å²) in [5.41, 5.74) is 10.1. The second kappa shape index (κ2) is 11.2. The largest absolute Gasteiger partial charge is 0.359 e.